The summed E-state index contributed by atoms with van der Waals surface area (Å²) >= 11 is 0. The molecule has 15 heavy (non-hydrogen) atoms. The van der Waals surface area contributed by atoms with E-state index in [-0.39, 0.29) is 0 Å². The second kappa shape index (κ2) is 3.79. The lowest BCUT2D eigenvalue weighted by atomic mass is 9.48. The molecule has 0 radical (unpaired) electrons. The van der Waals surface area contributed by atoms with Crippen molar-refractivity contribution in [2.45, 2.75) is 60.3 Å². The van der Waals surface area contributed by atoms with Gasteiger partial charge in [0.1, 0.15) is 0 Å². The van der Waals surface area contributed by atoms with Gasteiger partial charge in [0, 0.05) is 0 Å². The van der Waals surface area contributed by atoms with Crippen molar-refractivity contribution in [3.05, 3.63) is 0 Å². The molecule has 88 valence electrons. The molecule has 2 saturated carbocycles. The molecule has 0 aliphatic heterocycles. The highest BCUT2D eigenvalue weighted by Gasteiger charge is 2.51. The molecule has 4 atom stereocenters. The summed E-state index contributed by atoms with van der Waals surface area (Å²) in [4.78, 5) is 0. The lowest BCUT2D eigenvalue weighted by Gasteiger charge is -2.57. The van der Waals surface area contributed by atoms with Gasteiger partial charge in [-0.1, -0.05) is 47.5 Å². The van der Waals surface area contributed by atoms with E-state index < -0.39 is 0 Å². The third kappa shape index (κ3) is 1.56. The first-order chi connectivity index (χ1) is 6.98. The molecule has 2 fully saturated rings. The van der Waals surface area contributed by atoms with Gasteiger partial charge in [-0.2, -0.15) is 0 Å². The van der Waals surface area contributed by atoms with Gasteiger partial charge >= 0.3 is 0 Å². The van der Waals surface area contributed by atoms with Gasteiger partial charge in [-0.25, -0.2) is 0 Å². The van der Waals surface area contributed by atoms with Crippen LogP contribution in [0.1, 0.15) is 60.3 Å². The molecule has 0 aromatic rings. The average molecular weight is 208 g/mol. The molecule has 0 amide bonds. The second-order valence-corrected chi connectivity index (χ2v) is 6.75. The van der Waals surface area contributed by atoms with E-state index in [9.17, 15) is 0 Å². The Morgan fingerprint density at radius 3 is 1.53 bits per heavy atom. The van der Waals surface area contributed by atoms with Crippen molar-refractivity contribution in [3.8, 4) is 0 Å². The maximum atomic E-state index is 2.60. The predicted molar refractivity (Wildman–Crippen MR) is 66.7 cm³/mol. The van der Waals surface area contributed by atoms with Crippen LogP contribution in [0.3, 0.4) is 0 Å². The summed E-state index contributed by atoms with van der Waals surface area (Å²) in [7, 11) is 0. The Morgan fingerprint density at radius 1 is 0.733 bits per heavy atom. The van der Waals surface area contributed by atoms with E-state index in [4.69, 9.17) is 0 Å². The summed E-state index contributed by atoms with van der Waals surface area (Å²) in [5.74, 6) is 4.76. The summed E-state index contributed by atoms with van der Waals surface area (Å²) in [5.41, 5.74) is 0.634. The number of hydrogen-bond acceptors (Lipinski definition) is 0. The maximum Gasteiger partial charge on any atom is -0.0241 e. The van der Waals surface area contributed by atoms with Crippen molar-refractivity contribution in [1.29, 1.82) is 0 Å². The third-order valence-corrected chi connectivity index (χ3v) is 6.49. The fraction of sp³-hybridized carbons (Fsp3) is 1.00. The summed E-state index contributed by atoms with van der Waals surface area (Å²) in [6.45, 7) is 12.6. The smallest absolute Gasteiger partial charge is 0.0241 e. The van der Waals surface area contributed by atoms with E-state index in [0.717, 1.165) is 29.6 Å². The minimum atomic E-state index is 0.634. The van der Waals surface area contributed by atoms with Crippen LogP contribution in [0.5, 0.6) is 0 Å². The van der Waals surface area contributed by atoms with Crippen molar-refractivity contribution < 1.29 is 0 Å². The molecule has 0 N–H and O–H groups in total. The summed E-state index contributed by atoms with van der Waals surface area (Å²) in [5, 5.41) is 0. The summed E-state index contributed by atoms with van der Waals surface area (Å²) in [6.07, 6.45) is 5.95. The monoisotopic (exact) mass is 208 g/mol. The molecule has 0 bridgehead atoms. The van der Waals surface area contributed by atoms with Crippen LogP contribution in [-0.4, -0.2) is 0 Å². The highest BCUT2D eigenvalue weighted by atomic mass is 14.6. The van der Waals surface area contributed by atoms with Crippen LogP contribution in [0, 0.1) is 35.0 Å². The average Bonchev–Trinajstić information content (AvgIpc) is 2.22. The van der Waals surface area contributed by atoms with Gasteiger partial charge in [-0.05, 0) is 47.8 Å². The fourth-order valence-corrected chi connectivity index (χ4v) is 4.58. The SMILES string of the molecule is CC1CCC2CCC(C)C(C)C2(C)C1C. The summed E-state index contributed by atoms with van der Waals surface area (Å²) < 4.78 is 0. The number of fused-ring (bicyclic) bond motifs is 1. The molecule has 0 heterocycles. The van der Waals surface area contributed by atoms with Gasteiger partial charge in [0.25, 0.3) is 0 Å². The van der Waals surface area contributed by atoms with E-state index in [1.807, 2.05) is 0 Å². The first-order valence-corrected chi connectivity index (χ1v) is 6.98. The van der Waals surface area contributed by atoms with Crippen molar-refractivity contribution in [2.24, 2.45) is 35.0 Å². The Hall–Kier alpha value is 0. The first kappa shape index (κ1) is 11.5. The fourth-order valence-electron chi connectivity index (χ4n) is 4.58. The van der Waals surface area contributed by atoms with Crippen LogP contribution >= 0.6 is 0 Å². The lowest BCUT2D eigenvalue weighted by Crippen LogP contribution is -2.50. The van der Waals surface area contributed by atoms with E-state index >= 15 is 0 Å². The Kier molecular flexibility index (Phi) is 2.90. The number of hydrogen-bond donors (Lipinski definition) is 0. The molecule has 0 nitrogen and oxygen atoms in total. The molecule has 0 saturated heterocycles. The van der Waals surface area contributed by atoms with Crippen molar-refractivity contribution in [1.82, 2.24) is 0 Å². The predicted octanol–water partition coefficient (Wildman–Crippen LogP) is 4.74. The molecule has 0 spiro atoms. The second-order valence-electron chi connectivity index (χ2n) is 6.75. The van der Waals surface area contributed by atoms with E-state index in [0.29, 0.717) is 5.41 Å². The Morgan fingerprint density at radius 2 is 1.13 bits per heavy atom. The van der Waals surface area contributed by atoms with Gasteiger partial charge in [0.2, 0.25) is 0 Å². The molecule has 4 unspecified atom stereocenters. The van der Waals surface area contributed by atoms with E-state index in [2.05, 4.69) is 34.6 Å². The minimum Gasteiger partial charge on any atom is -0.0622 e. The van der Waals surface area contributed by atoms with Gasteiger partial charge in [-0.15, -0.1) is 0 Å². The van der Waals surface area contributed by atoms with Gasteiger partial charge in [0.05, 0.1) is 0 Å². The Balaban J connectivity index is 2.28. The van der Waals surface area contributed by atoms with Crippen LogP contribution in [0.2, 0.25) is 0 Å². The highest BCUT2D eigenvalue weighted by Crippen LogP contribution is 2.58. The normalized spacial score (nSPS) is 56.2. The Bertz CT molecular complexity index is 205. The summed E-state index contributed by atoms with van der Waals surface area (Å²) in [6, 6.07) is 0. The van der Waals surface area contributed by atoms with Crippen molar-refractivity contribution in [3.63, 3.8) is 0 Å². The van der Waals surface area contributed by atoms with Crippen LogP contribution in [0.25, 0.3) is 0 Å². The van der Waals surface area contributed by atoms with Crippen LogP contribution in [0.15, 0.2) is 0 Å². The lowest BCUT2D eigenvalue weighted by molar-refractivity contribution is -0.0833. The van der Waals surface area contributed by atoms with Crippen LogP contribution in [-0.2, 0) is 0 Å². The minimum absolute atomic E-state index is 0.634. The first-order valence-electron chi connectivity index (χ1n) is 6.98. The van der Waals surface area contributed by atoms with Crippen molar-refractivity contribution in [2.75, 3.05) is 0 Å². The molecule has 0 aromatic heterocycles. The largest absolute Gasteiger partial charge is 0.0622 e. The van der Waals surface area contributed by atoms with Crippen molar-refractivity contribution >= 4 is 0 Å². The zero-order chi connectivity index (χ0) is 11.2. The Labute approximate surface area is 95.8 Å². The quantitative estimate of drug-likeness (QED) is 0.539. The molecule has 0 heteroatoms. The van der Waals surface area contributed by atoms with Crippen LogP contribution < -0.4 is 0 Å². The van der Waals surface area contributed by atoms with Gasteiger partial charge in [0.15, 0.2) is 0 Å². The zero-order valence-corrected chi connectivity index (χ0v) is 11.2. The molecular weight excluding hydrogens is 180 g/mol. The standard InChI is InChI=1S/C15H28/c1-10-6-8-14-9-7-11(2)13(4)15(14,5)12(10)3/h10-14H,6-9H2,1-5H3. The topological polar surface area (TPSA) is 0 Å². The van der Waals surface area contributed by atoms with Crippen LogP contribution in [0.4, 0.5) is 0 Å². The molecular formula is C15H28. The molecule has 0 aromatic carbocycles. The third-order valence-electron chi connectivity index (χ3n) is 6.49. The van der Waals surface area contributed by atoms with Gasteiger partial charge in [-0.3, -0.25) is 0 Å². The molecule has 2 rings (SSSR count). The zero-order valence-electron chi connectivity index (χ0n) is 11.2. The maximum absolute atomic E-state index is 2.60. The van der Waals surface area contributed by atoms with E-state index in [1.54, 1.807) is 0 Å². The molecule has 2 aliphatic rings. The molecule has 2 aliphatic carbocycles. The van der Waals surface area contributed by atoms with E-state index in [1.165, 1.54) is 25.7 Å². The van der Waals surface area contributed by atoms with Gasteiger partial charge < -0.3 is 0 Å². The highest BCUT2D eigenvalue weighted by molar-refractivity contribution is 5.00. The number of rotatable bonds is 0.